The lowest BCUT2D eigenvalue weighted by molar-refractivity contribution is -0.153. The molecule has 6 nitrogen and oxygen atoms in total. The number of alkyl halides is 3. The number of phenolic OH excluding ortho intramolecular Hbond substituents is 1. The molecule has 1 saturated heterocycles. The third-order valence-corrected chi connectivity index (χ3v) is 4.76. The first-order valence-electron chi connectivity index (χ1n) is 9.63. The average molecular weight is 550 g/mol. The van der Waals surface area contributed by atoms with Crippen molar-refractivity contribution in [3.63, 3.8) is 0 Å². The van der Waals surface area contributed by atoms with E-state index < -0.39 is 12.8 Å². The van der Waals surface area contributed by atoms with E-state index in [-0.39, 0.29) is 35.5 Å². The summed E-state index contributed by atoms with van der Waals surface area (Å²) in [5.74, 6) is 1.16. The van der Waals surface area contributed by atoms with Crippen LogP contribution in [0.25, 0.3) is 0 Å². The van der Waals surface area contributed by atoms with Gasteiger partial charge in [-0.25, -0.2) is 0 Å². The maximum Gasteiger partial charge on any atom is 0.422 e. The van der Waals surface area contributed by atoms with Crippen molar-refractivity contribution in [1.82, 2.24) is 10.2 Å². The number of anilines is 1. The number of ether oxygens (including phenoxy) is 1. The molecular formula is C21H26F3IN4O2. The van der Waals surface area contributed by atoms with Crippen LogP contribution in [0.2, 0.25) is 0 Å². The summed E-state index contributed by atoms with van der Waals surface area (Å²) in [5, 5.41) is 13.3. The summed E-state index contributed by atoms with van der Waals surface area (Å²) in [7, 11) is 1.70. The lowest BCUT2D eigenvalue weighted by atomic mass is 10.2. The summed E-state index contributed by atoms with van der Waals surface area (Å²) >= 11 is 0. The Kier molecular flexibility index (Phi) is 9.08. The Labute approximate surface area is 196 Å². The van der Waals surface area contributed by atoms with Gasteiger partial charge in [0.1, 0.15) is 11.5 Å². The third kappa shape index (κ3) is 7.37. The smallest absolute Gasteiger partial charge is 0.422 e. The molecule has 0 bridgehead atoms. The predicted molar refractivity (Wildman–Crippen MR) is 125 cm³/mol. The minimum absolute atomic E-state index is 0. The summed E-state index contributed by atoms with van der Waals surface area (Å²) in [6.07, 6.45) is -4.37. The molecule has 0 unspecified atom stereocenters. The molecule has 0 amide bonds. The highest BCUT2D eigenvalue weighted by Gasteiger charge is 2.28. The van der Waals surface area contributed by atoms with Crippen molar-refractivity contribution >= 4 is 35.6 Å². The first-order chi connectivity index (χ1) is 14.4. The van der Waals surface area contributed by atoms with Gasteiger partial charge in [0.2, 0.25) is 0 Å². The SMILES string of the molecule is CN=C(NCc1cccc(OCC(F)(F)F)c1)N1CCN(c2ccccc2O)CC1.I. The molecule has 0 aliphatic carbocycles. The number of benzene rings is 2. The minimum atomic E-state index is -4.37. The van der Waals surface area contributed by atoms with Crippen molar-refractivity contribution in [3.05, 3.63) is 54.1 Å². The molecule has 2 N–H and O–H groups in total. The fourth-order valence-corrected chi connectivity index (χ4v) is 3.31. The predicted octanol–water partition coefficient (Wildman–Crippen LogP) is 3.85. The van der Waals surface area contributed by atoms with Gasteiger partial charge in [-0.05, 0) is 29.8 Å². The van der Waals surface area contributed by atoms with Gasteiger partial charge in [0, 0.05) is 39.8 Å². The van der Waals surface area contributed by atoms with E-state index >= 15 is 0 Å². The maximum absolute atomic E-state index is 12.3. The van der Waals surface area contributed by atoms with Crippen LogP contribution in [-0.4, -0.2) is 62.0 Å². The Morgan fingerprint density at radius 3 is 2.45 bits per heavy atom. The quantitative estimate of drug-likeness (QED) is 0.337. The van der Waals surface area contributed by atoms with E-state index in [1.54, 1.807) is 31.3 Å². The summed E-state index contributed by atoms with van der Waals surface area (Å²) in [5.41, 5.74) is 1.61. The van der Waals surface area contributed by atoms with E-state index in [4.69, 9.17) is 4.74 Å². The van der Waals surface area contributed by atoms with Crippen LogP contribution in [0.4, 0.5) is 18.9 Å². The van der Waals surface area contributed by atoms with Gasteiger partial charge in [0.05, 0.1) is 5.69 Å². The Morgan fingerprint density at radius 2 is 1.81 bits per heavy atom. The Bertz CT molecular complexity index is 872. The molecule has 0 radical (unpaired) electrons. The number of hydrogen-bond acceptors (Lipinski definition) is 4. The molecule has 0 aromatic heterocycles. The molecule has 1 fully saturated rings. The number of rotatable bonds is 5. The van der Waals surface area contributed by atoms with Crippen LogP contribution >= 0.6 is 24.0 Å². The molecule has 0 spiro atoms. The maximum atomic E-state index is 12.3. The Hall–Kier alpha value is -2.37. The van der Waals surface area contributed by atoms with Gasteiger partial charge in [-0.1, -0.05) is 24.3 Å². The van der Waals surface area contributed by atoms with Crippen molar-refractivity contribution in [2.45, 2.75) is 12.7 Å². The first-order valence-corrected chi connectivity index (χ1v) is 9.63. The minimum Gasteiger partial charge on any atom is -0.506 e. The summed E-state index contributed by atoms with van der Waals surface area (Å²) in [4.78, 5) is 8.55. The number of guanidine groups is 1. The van der Waals surface area contributed by atoms with E-state index in [0.29, 0.717) is 12.5 Å². The van der Waals surface area contributed by atoms with Gasteiger partial charge in [-0.2, -0.15) is 13.2 Å². The molecular weight excluding hydrogens is 524 g/mol. The standard InChI is InChI=1S/C21H25F3N4O2.HI/c1-25-20(26-14-16-5-4-6-17(13-16)30-15-21(22,23)24)28-11-9-27(10-12-28)18-7-2-3-8-19(18)29;/h2-8,13,29H,9-12,14-15H2,1H3,(H,25,26);1H. The van der Waals surface area contributed by atoms with Crippen LogP contribution in [0.15, 0.2) is 53.5 Å². The molecule has 31 heavy (non-hydrogen) atoms. The van der Waals surface area contributed by atoms with Gasteiger partial charge in [-0.15, -0.1) is 24.0 Å². The van der Waals surface area contributed by atoms with Crippen molar-refractivity contribution in [3.8, 4) is 11.5 Å². The van der Waals surface area contributed by atoms with Gasteiger partial charge < -0.3 is 25.0 Å². The number of piperazine rings is 1. The number of nitrogens with zero attached hydrogens (tertiary/aromatic N) is 3. The van der Waals surface area contributed by atoms with Crippen molar-refractivity contribution in [1.29, 1.82) is 0 Å². The van der Waals surface area contributed by atoms with Gasteiger partial charge >= 0.3 is 6.18 Å². The number of nitrogens with one attached hydrogen (secondary N) is 1. The highest BCUT2D eigenvalue weighted by molar-refractivity contribution is 14.0. The van der Waals surface area contributed by atoms with Crippen LogP contribution in [0, 0.1) is 0 Å². The van der Waals surface area contributed by atoms with Crippen molar-refractivity contribution < 1.29 is 23.0 Å². The molecule has 2 aromatic rings. The second-order valence-electron chi connectivity index (χ2n) is 6.91. The number of aliphatic imine (C=N–C) groups is 1. The van der Waals surface area contributed by atoms with E-state index in [0.717, 1.165) is 37.4 Å². The highest BCUT2D eigenvalue weighted by Crippen LogP contribution is 2.27. The van der Waals surface area contributed by atoms with E-state index in [1.165, 1.54) is 6.07 Å². The second kappa shape index (κ2) is 11.3. The number of hydrogen-bond donors (Lipinski definition) is 2. The molecule has 170 valence electrons. The molecule has 0 saturated carbocycles. The molecule has 10 heteroatoms. The van der Waals surface area contributed by atoms with Crippen LogP contribution in [0.3, 0.4) is 0 Å². The largest absolute Gasteiger partial charge is 0.506 e. The third-order valence-electron chi connectivity index (χ3n) is 4.76. The Balaban J connectivity index is 0.00000341. The fraction of sp³-hybridized carbons (Fsp3) is 0.381. The molecule has 3 rings (SSSR count). The van der Waals surface area contributed by atoms with Crippen LogP contribution in [0.1, 0.15) is 5.56 Å². The van der Waals surface area contributed by atoms with Crippen molar-refractivity contribution in [2.24, 2.45) is 4.99 Å². The topological polar surface area (TPSA) is 60.3 Å². The van der Waals surface area contributed by atoms with Crippen molar-refractivity contribution in [2.75, 3.05) is 44.7 Å². The number of halogens is 4. The van der Waals surface area contributed by atoms with Crippen LogP contribution < -0.4 is 15.0 Å². The molecule has 1 heterocycles. The normalized spacial score (nSPS) is 14.8. The van der Waals surface area contributed by atoms with Crippen LogP contribution in [-0.2, 0) is 6.54 Å². The zero-order chi connectivity index (χ0) is 21.6. The molecule has 1 aliphatic rings. The second-order valence-corrected chi connectivity index (χ2v) is 6.91. The number of phenols is 1. The van der Waals surface area contributed by atoms with Crippen LogP contribution in [0.5, 0.6) is 11.5 Å². The lowest BCUT2D eigenvalue weighted by Gasteiger charge is -2.37. The number of aromatic hydroxyl groups is 1. The molecule has 0 atom stereocenters. The zero-order valence-electron chi connectivity index (χ0n) is 17.1. The molecule has 2 aromatic carbocycles. The lowest BCUT2D eigenvalue weighted by Crippen LogP contribution is -2.52. The van der Waals surface area contributed by atoms with Gasteiger partial charge in [0.15, 0.2) is 12.6 Å². The number of para-hydroxylation sites is 2. The highest BCUT2D eigenvalue weighted by atomic mass is 127. The van der Waals surface area contributed by atoms with E-state index in [9.17, 15) is 18.3 Å². The summed E-state index contributed by atoms with van der Waals surface area (Å²) in [6, 6.07) is 13.8. The Morgan fingerprint density at radius 1 is 1.10 bits per heavy atom. The summed E-state index contributed by atoms with van der Waals surface area (Å²) in [6.45, 7) is 2.02. The van der Waals surface area contributed by atoms with E-state index in [2.05, 4.69) is 20.1 Å². The van der Waals surface area contributed by atoms with Gasteiger partial charge in [-0.3, -0.25) is 4.99 Å². The zero-order valence-corrected chi connectivity index (χ0v) is 19.4. The average Bonchev–Trinajstić information content (AvgIpc) is 2.73. The van der Waals surface area contributed by atoms with Gasteiger partial charge in [0.25, 0.3) is 0 Å². The summed E-state index contributed by atoms with van der Waals surface area (Å²) < 4.78 is 41.8. The molecule has 1 aliphatic heterocycles. The fourth-order valence-electron chi connectivity index (χ4n) is 3.31. The monoisotopic (exact) mass is 550 g/mol. The first kappa shape index (κ1) is 24.9. The van der Waals surface area contributed by atoms with E-state index in [1.807, 2.05) is 18.2 Å².